The van der Waals surface area contributed by atoms with Gasteiger partial charge in [-0.05, 0) is 40.3 Å². The third kappa shape index (κ3) is 1.90. The van der Waals surface area contributed by atoms with Crippen molar-refractivity contribution in [1.29, 1.82) is 0 Å². The van der Waals surface area contributed by atoms with Crippen molar-refractivity contribution < 1.29 is 5.11 Å². The predicted octanol–water partition coefficient (Wildman–Crippen LogP) is 4.23. The summed E-state index contributed by atoms with van der Waals surface area (Å²) in [6.07, 6.45) is 1.12. The van der Waals surface area contributed by atoms with Crippen molar-refractivity contribution in [3.05, 3.63) is 42.0 Å². The highest BCUT2D eigenvalue weighted by atomic mass is 16.3. The number of benzene rings is 2. The van der Waals surface area contributed by atoms with Gasteiger partial charge < -0.3 is 5.11 Å². The predicted molar refractivity (Wildman–Crippen MR) is 68.9 cm³/mol. The summed E-state index contributed by atoms with van der Waals surface area (Å²) >= 11 is 0. The lowest BCUT2D eigenvalue weighted by Gasteiger charge is -2.23. The average Bonchev–Trinajstić information content (AvgIpc) is 2.28. The Balaban J connectivity index is 2.57. The molecule has 0 heterocycles. The third-order valence-corrected chi connectivity index (χ3v) is 3.49. The van der Waals surface area contributed by atoms with E-state index in [2.05, 4.69) is 39.0 Å². The van der Waals surface area contributed by atoms with Crippen LogP contribution in [-0.2, 0) is 5.41 Å². The van der Waals surface area contributed by atoms with Gasteiger partial charge in [0.1, 0.15) is 5.75 Å². The minimum Gasteiger partial charge on any atom is -0.508 e. The first-order valence-corrected chi connectivity index (χ1v) is 5.76. The Morgan fingerprint density at radius 2 is 1.62 bits per heavy atom. The van der Waals surface area contributed by atoms with Gasteiger partial charge in [0, 0.05) is 0 Å². The number of phenolic OH excluding ortho intramolecular Hbond substituents is 1. The minimum atomic E-state index is 0.214. The molecule has 0 aromatic heterocycles. The van der Waals surface area contributed by atoms with E-state index in [0.29, 0.717) is 5.75 Å². The molecular formula is C15H18O. The Morgan fingerprint density at radius 1 is 1.00 bits per heavy atom. The molecule has 2 rings (SSSR count). The van der Waals surface area contributed by atoms with Gasteiger partial charge in [0.2, 0.25) is 0 Å². The lowest BCUT2D eigenvalue weighted by Crippen LogP contribution is -2.14. The van der Waals surface area contributed by atoms with Crippen LogP contribution < -0.4 is 0 Å². The molecule has 1 N–H and O–H groups in total. The average molecular weight is 214 g/mol. The van der Waals surface area contributed by atoms with E-state index in [-0.39, 0.29) is 5.41 Å². The molecule has 0 amide bonds. The van der Waals surface area contributed by atoms with Gasteiger partial charge in [-0.3, -0.25) is 0 Å². The van der Waals surface area contributed by atoms with Gasteiger partial charge in [-0.2, -0.15) is 0 Å². The van der Waals surface area contributed by atoms with E-state index in [0.717, 1.165) is 11.8 Å². The topological polar surface area (TPSA) is 20.2 Å². The number of hydrogen-bond acceptors (Lipinski definition) is 1. The van der Waals surface area contributed by atoms with Crippen LogP contribution in [0.3, 0.4) is 0 Å². The molecule has 0 aliphatic rings. The van der Waals surface area contributed by atoms with Crippen molar-refractivity contribution in [2.24, 2.45) is 0 Å². The molecule has 84 valence electrons. The van der Waals surface area contributed by atoms with E-state index in [1.807, 2.05) is 6.07 Å². The summed E-state index contributed by atoms with van der Waals surface area (Å²) in [6.45, 7) is 6.73. The Kier molecular flexibility index (Phi) is 2.63. The maximum absolute atomic E-state index is 9.41. The summed E-state index contributed by atoms with van der Waals surface area (Å²) in [6, 6.07) is 12.0. The van der Waals surface area contributed by atoms with E-state index in [1.165, 1.54) is 10.9 Å². The van der Waals surface area contributed by atoms with E-state index in [1.54, 1.807) is 12.1 Å². The van der Waals surface area contributed by atoms with Gasteiger partial charge in [0.15, 0.2) is 0 Å². The fraction of sp³-hybridized carbons (Fsp3) is 0.333. The Morgan fingerprint density at radius 3 is 2.31 bits per heavy atom. The van der Waals surface area contributed by atoms with Crippen molar-refractivity contribution in [3.8, 4) is 5.75 Å². The summed E-state index contributed by atoms with van der Waals surface area (Å²) < 4.78 is 0. The van der Waals surface area contributed by atoms with Gasteiger partial charge in [-0.15, -0.1) is 0 Å². The van der Waals surface area contributed by atoms with E-state index in [4.69, 9.17) is 0 Å². The lowest BCUT2D eigenvalue weighted by atomic mass is 9.81. The van der Waals surface area contributed by atoms with Crippen LogP contribution in [0.25, 0.3) is 10.8 Å². The Bertz CT molecular complexity index is 512. The highest BCUT2D eigenvalue weighted by Crippen LogP contribution is 2.30. The van der Waals surface area contributed by atoms with Crippen LogP contribution in [0.2, 0.25) is 0 Å². The Labute approximate surface area is 96.7 Å². The molecule has 16 heavy (non-hydrogen) atoms. The number of fused-ring (bicyclic) bond motifs is 1. The zero-order chi connectivity index (χ0) is 11.8. The molecule has 2 aromatic carbocycles. The fourth-order valence-electron chi connectivity index (χ4n) is 1.86. The minimum absolute atomic E-state index is 0.214. The number of phenols is 1. The second-order valence-corrected chi connectivity index (χ2v) is 4.98. The largest absolute Gasteiger partial charge is 0.508 e. The van der Waals surface area contributed by atoms with Crippen molar-refractivity contribution in [2.75, 3.05) is 0 Å². The number of aromatic hydroxyl groups is 1. The van der Waals surface area contributed by atoms with Crippen LogP contribution in [0.5, 0.6) is 5.75 Å². The molecule has 0 radical (unpaired) electrons. The first-order chi connectivity index (χ1) is 7.53. The first kappa shape index (κ1) is 11.0. The molecule has 0 saturated carbocycles. The van der Waals surface area contributed by atoms with Crippen molar-refractivity contribution >= 4 is 10.8 Å². The highest BCUT2D eigenvalue weighted by molar-refractivity contribution is 5.84. The van der Waals surface area contributed by atoms with Crippen LogP contribution in [0, 0.1) is 0 Å². The molecule has 0 bridgehead atoms. The summed E-state index contributed by atoms with van der Waals surface area (Å²) in [5.41, 5.74) is 1.57. The van der Waals surface area contributed by atoms with E-state index < -0.39 is 0 Å². The third-order valence-electron chi connectivity index (χ3n) is 3.49. The molecule has 2 aromatic rings. The first-order valence-electron chi connectivity index (χ1n) is 5.76. The molecule has 0 fully saturated rings. The van der Waals surface area contributed by atoms with Gasteiger partial charge in [0.05, 0.1) is 0 Å². The van der Waals surface area contributed by atoms with Crippen LogP contribution in [-0.4, -0.2) is 5.11 Å². The summed E-state index contributed by atoms with van der Waals surface area (Å²) in [7, 11) is 0. The fourth-order valence-corrected chi connectivity index (χ4v) is 1.86. The monoisotopic (exact) mass is 214 g/mol. The summed E-state index contributed by atoms with van der Waals surface area (Å²) in [4.78, 5) is 0. The molecule has 1 nitrogen and oxygen atoms in total. The maximum atomic E-state index is 9.41. The van der Waals surface area contributed by atoms with Gasteiger partial charge in [-0.25, -0.2) is 0 Å². The Hall–Kier alpha value is -1.50. The molecule has 0 atom stereocenters. The smallest absolute Gasteiger partial charge is 0.116 e. The lowest BCUT2D eigenvalue weighted by molar-refractivity contribution is 0.476. The molecule has 0 unspecified atom stereocenters. The van der Waals surface area contributed by atoms with Gasteiger partial charge in [-0.1, -0.05) is 45.0 Å². The van der Waals surface area contributed by atoms with Crippen LogP contribution in [0.1, 0.15) is 32.8 Å². The van der Waals surface area contributed by atoms with Crippen LogP contribution >= 0.6 is 0 Å². The number of rotatable bonds is 2. The normalized spacial score (nSPS) is 11.9. The second-order valence-electron chi connectivity index (χ2n) is 4.98. The quantitative estimate of drug-likeness (QED) is 0.793. The molecule has 0 aliphatic heterocycles. The van der Waals surface area contributed by atoms with Gasteiger partial charge >= 0.3 is 0 Å². The van der Waals surface area contributed by atoms with Crippen molar-refractivity contribution in [2.45, 2.75) is 32.6 Å². The number of hydrogen-bond donors (Lipinski definition) is 1. The van der Waals surface area contributed by atoms with E-state index in [9.17, 15) is 5.11 Å². The zero-order valence-corrected chi connectivity index (χ0v) is 10.1. The van der Waals surface area contributed by atoms with Gasteiger partial charge in [0.25, 0.3) is 0 Å². The summed E-state index contributed by atoms with van der Waals surface area (Å²) in [5.74, 6) is 0.329. The molecule has 1 heteroatoms. The van der Waals surface area contributed by atoms with Crippen molar-refractivity contribution in [3.63, 3.8) is 0 Å². The summed E-state index contributed by atoms with van der Waals surface area (Å²) in [5, 5.41) is 11.7. The maximum Gasteiger partial charge on any atom is 0.116 e. The molecular weight excluding hydrogens is 196 g/mol. The van der Waals surface area contributed by atoms with Crippen molar-refractivity contribution in [1.82, 2.24) is 0 Å². The van der Waals surface area contributed by atoms with E-state index >= 15 is 0 Å². The van der Waals surface area contributed by atoms with Crippen LogP contribution in [0.15, 0.2) is 36.4 Å². The molecule has 0 spiro atoms. The standard InChI is InChI=1S/C15H18O/c1-4-15(2,3)13-7-5-12-10-14(16)8-6-11(12)9-13/h5-10,16H,4H2,1-3H3. The molecule has 0 saturated heterocycles. The highest BCUT2D eigenvalue weighted by Gasteiger charge is 2.17. The van der Waals surface area contributed by atoms with Crippen LogP contribution in [0.4, 0.5) is 0 Å². The SMILES string of the molecule is CCC(C)(C)c1ccc2cc(O)ccc2c1. The second kappa shape index (κ2) is 3.82. The molecule has 0 aliphatic carbocycles. The zero-order valence-electron chi connectivity index (χ0n) is 10.1.